The smallest absolute Gasteiger partial charge is 0.341 e. The Labute approximate surface area is 162 Å². The van der Waals surface area contributed by atoms with E-state index in [9.17, 15) is 9.59 Å². The summed E-state index contributed by atoms with van der Waals surface area (Å²) in [5.74, 6) is -0.455. The van der Waals surface area contributed by atoms with Crippen molar-refractivity contribution in [2.75, 3.05) is 12.4 Å². The maximum atomic E-state index is 12.7. The molecule has 4 nitrogen and oxygen atoms in total. The van der Waals surface area contributed by atoms with Crippen molar-refractivity contribution in [1.29, 1.82) is 0 Å². The third-order valence-corrected chi connectivity index (χ3v) is 6.79. The number of ether oxygens (including phenoxy) is 1. The van der Waals surface area contributed by atoms with Crippen LogP contribution in [-0.4, -0.2) is 24.2 Å². The van der Waals surface area contributed by atoms with Crippen LogP contribution in [0.15, 0.2) is 35.2 Å². The van der Waals surface area contributed by atoms with E-state index in [0.29, 0.717) is 10.6 Å². The summed E-state index contributed by atoms with van der Waals surface area (Å²) in [6, 6.07) is 9.84. The van der Waals surface area contributed by atoms with Crippen LogP contribution in [0.4, 0.5) is 5.00 Å². The Bertz CT molecular complexity index is 786. The van der Waals surface area contributed by atoms with Crippen LogP contribution in [0.3, 0.4) is 0 Å². The van der Waals surface area contributed by atoms with Crippen molar-refractivity contribution in [2.45, 2.75) is 49.2 Å². The summed E-state index contributed by atoms with van der Waals surface area (Å²) in [7, 11) is 1.39. The molecular formula is C20H23NO3S2. The lowest BCUT2D eigenvalue weighted by Gasteiger charge is -2.12. The summed E-state index contributed by atoms with van der Waals surface area (Å²) in [6.45, 7) is 1.88. The second-order valence-corrected chi connectivity index (χ2v) is 8.84. The Balaban J connectivity index is 1.80. The summed E-state index contributed by atoms with van der Waals surface area (Å²) in [6.07, 6.45) is 5.21. The molecule has 138 valence electrons. The van der Waals surface area contributed by atoms with E-state index >= 15 is 0 Å². The van der Waals surface area contributed by atoms with Crippen molar-refractivity contribution in [3.63, 3.8) is 0 Å². The van der Waals surface area contributed by atoms with E-state index in [1.165, 1.54) is 41.5 Å². The van der Waals surface area contributed by atoms with Gasteiger partial charge in [0.15, 0.2) is 0 Å². The van der Waals surface area contributed by atoms with Crippen molar-refractivity contribution >= 4 is 40.0 Å². The van der Waals surface area contributed by atoms with Crippen molar-refractivity contribution in [1.82, 2.24) is 0 Å². The molecule has 1 N–H and O–H groups in total. The molecule has 0 spiro atoms. The molecule has 1 aromatic carbocycles. The molecule has 0 aliphatic heterocycles. The van der Waals surface area contributed by atoms with E-state index in [1.54, 1.807) is 0 Å². The maximum absolute atomic E-state index is 12.7. The van der Waals surface area contributed by atoms with Crippen LogP contribution in [-0.2, 0) is 22.4 Å². The Kier molecular flexibility index (Phi) is 6.38. The molecule has 1 heterocycles. The molecule has 1 aromatic heterocycles. The summed E-state index contributed by atoms with van der Waals surface area (Å²) in [5, 5.41) is 3.36. The fourth-order valence-electron chi connectivity index (χ4n) is 3.12. The molecular weight excluding hydrogens is 366 g/mol. The van der Waals surface area contributed by atoms with Gasteiger partial charge in [0.25, 0.3) is 0 Å². The monoisotopic (exact) mass is 389 g/mol. The number of carbonyl (C=O) groups is 2. The number of thioether (sulfide) groups is 1. The van der Waals surface area contributed by atoms with Crippen molar-refractivity contribution in [2.24, 2.45) is 0 Å². The SMILES string of the molecule is COC(=O)c1c(NC(=O)C(C)Sc2ccccc2)sc2c1CCCCC2. The van der Waals surface area contributed by atoms with Gasteiger partial charge in [0.05, 0.1) is 17.9 Å². The van der Waals surface area contributed by atoms with Gasteiger partial charge < -0.3 is 10.1 Å². The zero-order valence-electron chi connectivity index (χ0n) is 15.0. The lowest BCUT2D eigenvalue weighted by atomic mass is 10.1. The number of anilines is 1. The normalized spacial score (nSPS) is 14.8. The molecule has 0 fully saturated rings. The fraction of sp³-hybridized carbons (Fsp3) is 0.400. The molecule has 0 radical (unpaired) electrons. The summed E-state index contributed by atoms with van der Waals surface area (Å²) in [4.78, 5) is 27.3. The molecule has 1 aliphatic rings. The van der Waals surface area contributed by atoms with Crippen molar-refractivity contribution < 1.29 is 14.3 Å². The Morgan fingerprint density at radius 3 is 2.62 bits per heavy atom. The Morgan fingerprint density at radius 2 is 1.88 bits per heavy atom. The number of benzene rings is 1. The minimum atomic E-state index is -0.358. The van der Waals surface area contributed by atoms with Gasteiger partial charge in [-0.1, -0.05) is 24.6 Å². The van der Waals surface area contributed by atoms with Gasteiger partial charge >= 0.3 is 5.97 Å². The molecule has 3 rings (SSSR count). The molecule has 2 aromatic rings. The molecule has 0 bridgehead atoms. The van der Waals surface area contributed by atoms with Gasteiger partial charge in [0.1, 0.15) is 5.00 Å². The zero-order chi connectivity index (χ0) is 18.5. The third kappa shape index (κ3) is 4.30. The molecule has 1 amide bonds. The number of amides is 1. The van der Waals surface area contributed by atoms with Gasteiger partial charge in [-0.2, -0.15) is 0 Å². The lowest BCUT2D eigenvalue weighted by Crippen LogP contribution is -2.23. The summed E-state index contributed by atoms with van der Waals surface area (Å²) >= 11 is 3.03. The number of rotatable bonds is 5. The number of aryl methyl sites for hydroxylation is 1. The van der Waals surface area contributed by atoms with Crippen LogP contribution in [0, 0.1) is 0 Å². The lowest BCUT2D eigenvalue weighted by molar-refractivity contribution is -0.115. The van der Waals surface area contributed by atoms with Gasteiger partial charge in [0, 0.05) is 9.77 Å². The van der Waals surface area contributed by atoms with E-state index in [-0.39, 0.29) is 17.1 Å². The Hall–Kier alpha value is -1.79. The standard InChI is InChI=1S/C20H23NO3S2/c1-13(25-14-9-5-3-6-10-14)18(22)21-19-17(20(23)24-2)15-11-7-4-8-12-16(15)26-19/h3,5-6,9-10,13H,4,7-8,11-12H2,1-2H3,(H,21,22). The second kappa shape index (κ2) is 8.73. The first-order valence-corrected chi connectivity index (χ1v) is 10.5. The highest BCUT2D eigenvalue weighted by Crippen LogP contribution is 2.38. The van der Waals surface area contributed by atoms with Crippen LogP contribution < -0.4 is 5.32 Å². The highest BCUT2D eigenvalue weighted by molar-refractivity contribution is 8.00. The average molecular weight is 390 g/mol. The van der Waals surface area contributed by atoms with E-state index in [4.69, 9.17) is 4.74 Å². The summed E-state index contributed by atoms with van der Waals surface area (Å²) in [5.41, 5.74) is 1.62. The second-order valence-electron chi connectivity index (χ2n) is 6.32. The quantitative estimate of drug-likeness (QED) is 0.448. The topological polar surface area (TPSA) is 55.4 Å². The minimum Gasteiger partial charge on any atom is -0.465 e. The fourth-order valence-corrected chi connectivity index (χ4v) is 5.29. The average Bonchev–Trinajstić information content (AvgIpc) is 2.82. The minimum absolute atomic E-state index is 0.0968. The number of hydrogen-bond acceptors (Lipinski definition) is 5. The van der Waals surface area contributed by atoms with E-state index in [2.05, 4.69) is 5.32 Å². The van der Waals surface area contributed by atoms with Crippen molar-refractivity contribution in [3.8, 4) is 0 Å². The maximum Gasteiger partial charge on any atom is 0.341 e. The van der Waals surface area contributed by atoms with Gasteiger partial charge in [0.2, 0.25) is 5.91 Å². The van der Waals surface area contributed by atoms with Crippen LogP contribution in [0.5, 0.6) is 0 Å². The largest absolute Gasteiger partial charge is 0.465 e. The Morgan fingerprint density at radius 1 is 1.15 bits per heavy atom. The zero-order valence-corrected chi connectivity index (χ0v) is 16.7. The first-order valence-electron chi connectivity index (χ1n) is 8.85. The number of esters is 1. The third-order valence-electron chi connectivity index (χ3n) is 4.47. The van der Waals surface area contributed by atoms with E-state index in [0.717, 1.165) is 36.1 Å². The predicted octanol–water partition coefficient (Wildman–Crippen LogP) is 4.92. The van der Waals surface area contributed by atoms with Crippen LogP contribution in [0.25, 0.3) is 0 Å². The number of fused-ring (bicyclic) bond motifs is 1. The van der Waals surface area contributed by atoms with E-state index < -0.39 is 0 Å². The first-order chi connectivity index (χ1) is 12.6. The molecule has 1 unspecified atom stereocenters. The summed E-state index contributed by atoms with van der Waals surface area (Å²) < 4.78 is 4.99. The predicted molar refractivity (Wildman–Crippen MR) is 107 cm³/mol. The van der Waals surface area contributed by atoms with Crippen LogP contribution in [0.2, 0.25) is 0 Å². The number of hydrogen-bond donors (Lipinski definition) is 1. The number of carbonyl (C=O) groups excluding carboxylic acids is 2. The molecule has 26 heavy (non-hydrogen) atoms. The highest BCUT2D eigenvalue weighted by Gasteiger charge is 2.27. The van der Waals surface area contributed by atoms with Gasteiger partial charge in [-0.15, -0.1) is 23.1 Å². The van der Waals surface area contributed by atoms with Crippen molar-refractivity contribution in [3.05, 3.63) is 46.3 Å². The number of methoxy groups -OCH3 is 1. The van der Waals surface area contributed by atoms with Gasteiger partial charge in [-0.25, -0.2) is 4.79 Å². The number of nitrogens with one attached hydrogen (secondary N) is 1. The molecule has 0 saturated carbocycles. The first kappa shape index (κ1) is 19.0. The van der Waals surface area contributed by atoms with Crippen LogP contribution >= 0.6 is 23.1 Å². The molecule has 0 saturated heterocycles. The van der Waals surface area contributed by atoms with Crippen LogP contribution in [0.1, 0.15) is 47.0 Å². The highest BCUT2D eigenvalue weighted by atomic mass is 32.2. The van der Waals surface area contributed by atoms with Gasteiger partial charge in [-0.05, 0) is 50.3 Å². The molecule has 1 atom stereocenters. The van der Waals surface area contributed by atoms with E-state index in [1.807, 2.05) is 37.3 Å². The number of thiophene rings is 1. The van der Waals surface area contributed by atoms with Gasteiger partial charge in [-0.3, -0.25) is 4.79 Å². The molecule has 1 aliphatic carbocycles. The molecule has 6 heteroatoms.